The fraction of sp³-hybridized carbons (Fsp3) is 0.944. The Kier molecular flexibility index (Phi) is 6.54. The van der Waals surface area contributed by atoms with E-state index in [1.165, 1.54) is 51.4 Å². The molecule has 0 saturated heterocycles. The second kappa shape index (κ2) is 8.19. The highest BCUT2D eigenvalue weighted by atomic mass is 16.5. The Morgan fingerprint density at radius 1 is 1.00 bits per heavy atom. The first kappa shape index (κ1) is 17.6. The van der Waals surface area contributed by atoms with Crippen LogP contribution < -0.4 is 10.6 Å². The van der Waals surface area contributed by atoms with Crippen molar-refractivity contribution in [3.63, 3.8) is 0 Å². The number of ether oxygens (including phenoxy) is 1. The number of nitrogens with zero attached hydrogens (tertiary/aromatic N) is 1. The Balaban J connectivity index is 1.71. The second-order valence-corrected chi connectivity index (χ2v) is 7.29. The summed E-state index contributed by atoms with van der Waals surface area (Å²) in [5.74, 6) is 0.974. The third kappa shape index (κ3) is 4.87. The van der Waals surface area contributed by atoms with Crippen LogP contribution in [0.15, 0.2) is 4.99 Å². The molecule has 0 aromatic rings. The van der Waals surface area contributed by atoms with Gasteiger partial charge in [0.2, 0.25) is 0 Å². The molecular formula is C18H35N3O. The van der Waals surface area contributed by atoms with Crippen molar-refractivity contribution < 1.29 is 4.74 Å². The zero-order valence-corrected chi connectivity index (χ0v) is 14.8. The molecule has 0 radical (unpaired) electrons. The number of hydrogen-bond donors (Lipinski definition) is 2. The van der Waals surface area contributed by atoms with Crippen LogP contribution in [0.2, 0.25) is 0 Å². The molecule has 128 valence electrons. The highest BCUT2D eigenvalue weighted by Gasteiger charge is 2.42. The van der Waals surface area contributed by atoms with Gasteiger partial charge in [-0.25, -0.2) is 0 Å². The van der Waals surface area contributed by atoms with Crippen molar-refractivity contribution in [3.8, 4) is 0 Å². The lowest BCUT2D eigenvalue weighted by atomic mass is 9.83. The standard InChI is InChI=1S/C18H35N3O/c1-4-17(8-6-7-9-17)14-20-16(19-3)21-15-18(10-11-18)12-13-22-5-2/h4-15H2,1-3H3,(H2,19,20,21). The van der Waals surface area contributed by atoms with E-state index >= 15 is 0 Å². The van der Waals surface area contributed by atoms with Gasteiger partial charge in [-0.3, -0.25) is 4.99 Å². The summed E-state index contributed by atoms with van der Waals surface area (Å²) >= 11 is 0. The highest BCUT2D eigenvalue weighted by Crippen LogP contribution is 2.48. The molecule has 4 heteroatoms. The SMILES string of the molecule is CCOCCC1(CNC(=NC)NCC2(CC)CCCC2)CC1. The third-order valence-corrected chi connectivity index (χ3v) is 5.84. The number of hydrogen-bond acceptors (Lipinski definition) is 2. The molecule has 2 rings (SSSR count). The number of guanidine groups is 1. The van der Waals surface area contributed by atoms with Crippen LogP contribution in [0.5, 0.6) is 0 Å². The minimum absolute atomic E-state index is 0.461. The van der Waals surface area contributed by atoms with Crippen molar-refractivity contribution >= 4 is 5.96 Å². The fourth-order valence-electron chi connectivity index (χ4n) is 3.67. The van der Waals surface area contributed by atoms with Gasteiger partial charge in [0.25, 0.3) is 0 Å². The molecule has 0 amide bonds. The number of nitrogens with one attached hydrogen (secondary N) is 2. The van der Waals surface area contributed by atoms with Crippen LogP contribution in [0.4, 0.5) is 0 Å². The smallest absolute Gasteiger partial charge is 0.191 e. The summed E-state index contributed by atoms with van der Waals surface area (Å²) in [5, 5.41) is 7.13. The van der Waals surface area contributed by atoms with Crippen molar-refractivity contribution in [1.82, 2.24) is 10.6 Å². The Hall–Kier alpha value is -0.770. The summed E-state index contributed by atoms with van der Waals surface area (Å²) in [5.41, 5.74) is 0.965. The van der Waals surface area contributed by atoms with Crippen molar-refractivity contribution in [2.24, 2.45) is 15.8 Å². The van der Waals surface area contributed by atoms with Gasteiger partial charge in [-0.15, -0.1) is 0 Å². The van der Waals surface area contributed by atoms with Gasteiger partial charge in [-0.2, -0.15) is 0 Å². The Bertz CT molecular complexity index is 357. The van der Waals surface area contributed by atoms with Crippen molar-refractivity contribution in [3.05, 3.63) is 0 Å². The maximum Gasteiger partial charge on any atom is 0.191 e. The fourth-order valence-corrected chi connectivity index (χ4v) is 3.67. The molecule has 2 N–H and O–H groups in total. The Morgan fingerprint density at radius 3 is 2.14 bits per heavy atom. The first-order valence-corrected chi connectivity index (χ1v) is 9.20. The second-order valence-electron chi connectivity index (χ2n) is 7.29. The van der Waals surface area contributed by atoms with Gasteiger partial charge in [0, 0.05) is 33.4 Å². The van der Waals surface area contributed by atoms with Gasteiger partial charge in [-0.05, 0) is 56.3 Å². The van der Waals surface area contributed by atoms with Gasteiger partial charge in [-0.1, -0.05) is 19.8 Å². The van der Waals surface area contributed by atoms with Crippen LogP contribution in [0.3, 0.4) is 0 Å². The first-order chi connectivity index (χ1) is 10.7. The van der Waals surface area contributed by atoms with Crippen LogP contribution in [0.1, 0.15) is 65.2 Å². The van der Waals surface area contributed by atoms with Crippen LogP contribution in [-0.2, 0) is 4.74 Å². The van der Waals surface area contributed by atoms with Gasteiger partial charge < -0.3 is 15.4 Å². The molecule has 0 unspecified atom stereocenters. The lowest BCUT2D eigenvalue weighted by Gasteiger charge is -2.29. The van der Waals surface area contributed by atoms with Crippen LogP contribution in [0, 0.1) is 10.8 Å². The molecule has 0 atom stereocenters. The van der Waals surface area contributed by atoms with Crippen LogP contribution in [-0.4, -0.2) is 39.3 Å². The van der Waals surface area contributed by atoms with Gasteiger partial charge >= 0.3 is 0 Å². The van der Waals surface area contributed by atoms with E-state index in [1.807, 2.05) is 7.05 Å². The van der Waals surface area contributed by atoms with Crippen molar-refractivity contribution in [2.45, 2.75) is 65.2 Å². The lowest BCUT2D eigenvalue weighted by molar-refractivity contribution is 0.128. The lowest BCUT2D eigenvalue weighted by Crippen LogP contribution is -2.44. The summed E-state index contributed by atoms with van der Waals surface area (Å²) in [7, 11) is 1.88. The Morgan fingerprint density at radius 2 is 1.64 bits per heavy atom. The maximum absolute atomic E-state index is 5.51. The van der Waals surface area contributed by atoms with Crippen molar-refractivity contribution in [2.75, 3.05) is 33.4 Å². The summed E-state index contributed by atoms with van der Waals surface area (Å²) in [6.45, 7) is 8.20. The molecule has 22 heavy (non-hydrogen) atoms. The molecule has 0 aliphatic heterocycles. The van der Waals surface area contributed by atoms with E-state index in [0.717, 1.165) is 32.3 Å². The van der Waals surface area contributed by atoms with Gasteiger partial charge in [0.1, 0.15) is 0 Å². The molecule has 0 aromatic heterocycles. The number of aliphatic imine (C=N–C) groups is 1. The minimum Gasteiger partial charge on any atom is -0.382 e. The third-order valence-electron chi connectivity index (χ3n) is 5.84. The maximum atomic E-state index is 5.51. The van der Waals surface area contributed by atoms with Gasteiger partial charge in [0.05, 0.1) is 0 Å². The summed E-state index contributed by atoms with van der Waals surface area (Å²) < 4.78 is 5.51. The molecule has 0 heterocycles. The van der Waals surface area contributed by atoms with Crippen LogP contribution in [0.25, 0.3) is 0 Å². The molecule has 2 aliphatic carbocycles. The van der Waals surface area contributed by atoms with E-state index in [0.29, 0.717) is 10.8 Å². The van der Waals surface area contributed by atoms with E-state index in [2.05, 4.69) is 29.5 Å². The summed E-state index contributed by atoms with van der Waals surface area (Å²) in [6.07, 6.45) is 10.6. The normalized spacial score (nSPS) is 22.6. The molecule has 0 bridgehead atoms. The molecule has 2 aliphatic rings. The van der Waals surface area contributed by atoms with E-state index < -0.39 is 0 Å². The van der Waals surface area contributed by atoms with E-state index in [1.54, 1.807) is 0 Å². The molecule has 0 spiro atoms. The van der Waals surface area contributed by atoms with E-state index in [9.17, 15) is 0 Å². The Labute approximate surface area is 136 Å². The largest absolute Gasteiger partial charge is 0.382 e. The predicted octanol–water partition coefficient (Wildman–Crippen LogP) is 3.33. The quantitative estimate of drug-likeness (QED) is 0.390. The van der Waals surface area contributed by atoms with Gasteiger partial charge in [0.15, 0.2) is 5.96 Å². The highest BCUT2D eigenvalue weighted by molar-refractivity contribution is 5.79. The zero-order chi connectivity index (χ0) is 15.9. The average Bonchev–Trinajstić information content (AvgIpc) is 3.15. The molecular weight excluding hydrogens is 274 g/mol. The summed E-state index contributed by atoms with van der Waals surface area (Å²) in [6, 6.07) is 0. The van der Waals surface area contributed by atoms with Crippen molar-refractivity contribution in [1.29, 1.82) is 0 Å². The monoisotopic (exact) mass is 309 g/mol. The van der Waals surface area contributed by atoms with E-state index in [-0.39, 0.29) is 0 Å². The molecule has 2 saturated carbocycles. The zero-order valence-electron chi connectivity index (χ0n) is 14.8. The summed E-state index contributed by atoms with van der Waals surface area (Å²) in [4.78, 5) is 4.40. The average molecular weight is 309 g/mol. The number of rotatable bonds is 9. The molecule has 2 fully saturated rings. The van der Waals surface area contributed by atoms with E-state index in [4.69, 9.17) is 4.74 Å². The minimum atomic E-state index is 0.461. The molecule has 0 aromatic carbocycles. The first-order valence-electron chi connectivity index (χ1n) is 9.20. The predicted molar refractivity (Wildman–Crippen MR) is 93.3 cm³/mol. The molecule has 4 nitrogen and oxygen atoms in total. The topological polar surface area (TPSA) is 45.6 Å². The van der Waals surface area contributed by atoms with Crippen LogP contribution >= 0.6 is 0 Å².